The number of methoxy groups -OCH3 is 1. The van der Waals surface area contributed by atoms with Gasteiger partial charge in [0, 0.05) is 26.6 Å². The van der Waals surface area contributed by atoms with E-state index in [1.165, 1.54) is 5.56 Å². The molecule has 0 fully saturated rings. The molecule has 1 aromatic heterocycles. The number of hydrogen-bond acceptors (Lipinski definition) is 5. The lowest BCUT2D eigenvalue weighted by Gasteiger charge is -2.22. The second-order valence-corrected chi connectivity index (χ2v) is 5.49. The third-order valence-electron chi connectivity index (χ3n) is 3.66. The number of carbonyl (C=O) groups excluding carboxylic acids is 1. The van der Waals surface area contributed by atoms with E-state index in [2.05, 4.69) is 27.7 Å². The number of ether oxygens (including phenoxy) is 1. The smallest absolute Gasteiger partial charge is 0.224 e. The molecule has 1 aromatic carbocycles. The third-order valence-corrected chi connectivity index (χ3v) is 3.66. The molecule has 0 aliphatic rings. The van der Waals surface area contributed by atoms with Gasteiger partial charge in [0.15, 0.2) is 0 Å². The van der Waals surface area contributed by atoms with E-state index in [4.69, 9.17) is 4.74 Å². The fourth-order valence-electron chi connectivity index (χ4n) is 2.22. The van der Waals surface area contributed by atoms with Crippen molar-refractivity contribution < 1.29 is 9.53 Å². The van der Waals surface area contributed by atoms with E-state index in [0.717, 1.165) is 5.56 Å². The monoisotopic (exact) mass is 317 g/mol. The van der Waals surface area contributed by atoms with Crippen LogP contribution in [0.4, 0.5) is 0 Å². The molecule has 0 unspecified atom stereocenters. The van der Waals surface area contributed by atoms with Crippen molar-refractivity contribution in [1.82, 2.24) is 25.1 Å². The minimum Gasteiger partial charge on any atom is -0.383 e. The van der Waals surface area contributed by atoms with Crippen molar-refractivity contribution in [3.05, 3.63) is 41.2 Å². The van der Waals surface area contributed by atoms with E-state index in [9.17, 15) is 4.79 Å². The van der Waals surface area contributed by atoms with Gasteiger partial charge in [-0.3, -0.25) is 4.79 Å². The van der Waals surface area contributed by atoms with Crippen LogP contribution in [0.15, 0.2) is 24.3 Å². The zero-order valence-corrected chi connectivity index (χ0v) is 13.9. The van der Waals surface area contributed by atoms with Crippen LogP contribution in [0.25, 0.3) is 0 Å². The third kappa shape index (κ3) is 5.14. The lowest BCUT2D eigenvalue weighted by molar-refractivity contribution is -0.132. The van der Waals surface area contributed by atoms with Gasteiger partial charge in [-0.1, -0.05) is 29.8 Å². The molecule has 23 heavy (non-hydrogen) atoms. The first-order valence-corrected chi connectivity index (χ1v) is 7.65. The zero-order valence-electron chi connectivity index (χ0n) is 13.9. The van der Waals surface area contributed by atoms with Crippen LogP contribution in [0.1, 0.15) is 23.4 Å². The molecular weight excluding hydrogens is 294 g/mol. The Morgan fingerprint density at radius 1 is 1.26 bits per heavy atom. The standard InChI is InChI=1S/C16H23N5O2/c1-13-4-6-15(7-5-13)12-20(10-11-23-3)16(22)8-9-21-14(2)17-18-19-21/h4-7H,8-12H2,1-3H3. The summed E-state index contributed by atoms with van der Waals surface area (Å²) < 4.78 is 6.75. The lowest BCUT2D eigenvalue weighted by Crippen LogP contribution is -2.34. The summed E-state index contributed by atoms with van der Waals surface area (Å²) in [7, 11) is 1.64. The van der Waals surface area contributed by atoms with Crippen molar-refractivity contribution >= 4 is 5.91 Å². The molecule has 1 amide bonds. The summed E-state index contributed by atoms with van der Waals surface area (Å²) in [4.78, 5) is 14.3. The van der Waals surface area contributed by atoms with Gasteiger partial charge in [-0.25, -0.2) is 4.68 Å². The number of amides is 1. The van der Waals surface area contributed by atoms with Crippen LogP contribution in [0, 0.1) is 13.8 Å². The Kier molecular flexibility index (Phi) is 6.22. The number of rotatable bonds is 8. The molecule has 0 saturated heterocycles. The summed E-state index contributed by atoms with van der Waals surface area (Å²) in [5.74, 6) is 0.775. The van der Waals surface area contributed by atoms with Crippen LogP contribution in [0.3, 0.4) is 0 Å². The number of tetrazole rings is 1. The molecule has 0 spiro atoms. The number of hydrogen-bond donors (Lipinski definition) is 0. The molecule has 7 heteroatoms. The summed E-state index contributed by atoms with van der Waals surface area (Å²) in [6.07, 6.45) is 0.363. The molecule has 2 rings (SSSR count). The van der Waals surface area contributed by atoms with Gasteiger partial charge in [0.05, 0.1) is 13.2 Å². The van der Waals surface area contributed by atoms with E-state index in [-0.39, 0.29) is 5.91 Å². The predicted octanol–water partition coefficient (Wildman–Crippen LogP) is 1.36. The van der Waals surface area contributed by atoms with Gasteiger partial charge in [0.1, 0.15) is 5.82 Å². The van der Waals surface area contributed by atoms with Crippen molar-refractivity contribution in [2.75, 3.05) is 20.3 Å². The van der Waals surface area contributed by atoms with Gasteiger partial charge in [0.25, 0.3) is 0 Å². The predicted molar refractivity (Wildman–Crippen MR) is 85.6 cm³/mol. The van der Waals surface area contributed by atoms with E-state index in [1.54, 1.807) is 11.8 Å². The van der Waals surface area contributed by atoms with E-state index < -0.39 is 0 Å². The molecule has 0 aliphatic heterocycles. The molecule has 0 radical (unpaired) electrons. The van der Waals surface area contributed by atoms with Gasteiger partial charge in [-0.15, -0.1) is 5.10 Å². The van der Waals surface area contributed by atoms with Gasteiger partial charge in [0.2, 0.25) is 5.91 Å². The molecule has 1 heterocycles. The van der Waals surface area contributed by atoms with Crippen molar-refractivity contribution in [2.45, 2.75) is 33.4 Å². The quantitative estimate of drug-likeness (QED) is 0.735. The van der Waals surface area contributed by atoms with Gasteiger partial charge >= 0.3 is 0 Å². The summed E-state index contributed by atoms with van der Waals surface area (Å²) in [5, 5.41) is 11.3. The molecule has 0 bridgehead atoms. The molecule has 0 atom stereocenters. The minimum atomic E-state index is 0.0672. The van der Waals surface area contributed by atoms with Crippen LogP contribution in [0.2, 0.25) is 0 Å². The second-order valence-electron chi connectivity index (χ2n) is 5.49. The minimum absolute atomic E-state index is 0.0672. The fraction of sp³-hybridized carbons (Fsp3) is 0.500. The summed E-state index contributed by atoms with van der Waals surface area (Å²) in [6.45, 7) is 6.01. The molecule has 2 aromatic rings. The van der Waals surface area contributed by atoms with E-state index in [1.807, 2.05) is 30.9 Å². The fourth-order valence-corrected chi connectivity index (χ4v) is 2.22. The molecule has 0 N–H and O–H groups in total. The number of nitrogens with zero attached hydrogens (tertiary/aromatic N) is 5. The largest absolute Gasteiger partial charge is 0.383 e. The number of carbonyl (C=O) groups is 1. The molecule has 124 valence electrons. The Morgan fingerprint density at radius 2 is 2.00 bits per heavy atom. The van der Waals surface area contributed by atoms with E-state index in [0.29, 0.717) is 38.5 Å². The highest BCUT2D eigenvalue weighted by Gasteiger charge is 2.14. The first kappa shape index (κ1) is 17.1. The number of aryl methyl sites for hydroxylation is 3. The van der Waals surface area contributed by atoms with Crippen LogP contribution >= 0.6 is 0 Å². The van der Waals surface area contributed by atoms with Crippen LogP contribution in [-0.2, 0) is 22.6 Å². The second kappa shape index (κ2) is 8.38. The Balaban J connectivity index is 1.97. The summed E-state index contributed by atoms with van der Waals surface area (Å²) in [6, 6.07) is 8.21. The van der Waals surface area contributed by atoms with Crippen LogP contribution in [-0.4, -0.2) is 51.3 Å². The highest BCUT2D eigenvalue weighted by molar-refractivity contribution is 5.76. The van der Waals surface area contributed by atoms with Gasteiger partial charge in [-0.05, 0) is 29.8 Å². The highest BCUT2D eigenvalue weighted by atomic mass is 16.5. The molecule has 7 nitrogen and oxygen atoms in total. The SMILES string of the molecule is COCCN(Cc1ccc(C)cc1)C(=O)CCn1nnnc1C. The maximum Gasteiger partial charge on any atom is 0.224 e. The molecule has 0 saturated carbocycles. The topological polar surface area (TPSA) is 73.1 Å². The Labute approximate surface area is 136 Å². The van der Waals surface area contributed by atoms with Crippen LogP contribution < -0.4 is 0 Å². The zero-order chi connectivity index (χ0) is 16.7. The first-order valence-electron chi connectivity index (χ1n) is 7.65. The normalized spacial score (nSPS) is 10.7. The van der Waals surface area contributed by atoms with Crippen molar-refractivity contribution in [1.29, 1.82) is 0 Å². The van der Waals surface area contributed by atoms with Crippen molar-refractivity contribution in [3.8, 4) is 0 Å². The molecule has 0 aliphatic carbocycles. The van der Waals surface area contributed by atoms with E-state index >= 15 is 0 Å². The summed E-state index contributed by atoms with van der Waals surface area (Å²) >= 11 is 0. The Hall–Kier alpha value is -2.28. The summed E-state index contributed by atoms with van der Waals surface area (Å²) in [5.41, 5.74) is 2.32. The lowest BCUT2D eigenvalue weighted by atomic mass is 10.1. The number of benzene rings is 1. The maximum absolute atomic E-state index is 12.5. The van der Waals surface area contributed by atoms with Gasteiger partial charge in [-0.2, -0.15) is 0 Å². The average molecular weight is 317 g/mol. The van der Waals surface area contributed by atoms with Crippen molar-refractivity contribution in [2.24, 2.45) is 0 Å². The Bertz CT molecular complexity index is 624. The maximum atomic E-state index is 12.5. The highest BCUT2D eigenvalue weighted by Crippen LogP contribution is 2.09. The van der Waals surface area contributed by atoms with Gasteiger partial charge < -0.3 is 9.64 Å². The average Bonchev–Trinajstić information content (AvgIpc) is 2.96. The molecular formula is C16H23N5O2. The Morgan fingerprint density at radius 3 is 2.61 bits per heavy atom. The number of aromatic nitrogens is 4. The first-order chi connectivity index (χ1) is 11.1. The van der Waals surface area contributed by atoms with Crippen LogP contribution in [0.5, 0.6) is 0 Å². The van der Waals surface area contributed by atoms with Crippen molar-refractivity contribution in [3.63, 3.8) is 0 Å².